The summed E-state index contributed by atoms with van der Waals surface area (Å²) in [6.45, 7) is 1.92. The van der Waals surface area contributed by atoms with Crippen LogP contribution in [0.4, 0.5) is 0 Å². The van der Waals surface area contributed by atoms with Gasteiger partial charge < -0.3 is 19.7 Å². The number of benzene rings is 4. The van der Waals surface area contributed by atoms with E-state index in [2.05, 4.69) is 24.3 Å². The lowest BCUT2D eigenvalue weighted by Crippen LogP contribution is -2.15. The van der Waals surface area contributed by atoms with Crippen molar-refractivity contribution < 1.29 is 24.5 Å². The van der Waals surface area contributed by atoms with Crippen LogP contribution in [0.15, 0.2) is 91.0 Å². The first-order valence-corrected chi connectivity index (χ1v) is 11.6. The minimum atomic E-state index is -0.408. The summed E-state index contributed by atoms with van der Waals surface area (Å²) in [5.74, 6) is 0.685. The SMILES string of the molecule is CCOC(=O)COc1ccc(-c2cccc(Cc3ccc(O)cc3)c2)cc1Cc1ccc(O)cc1. The molecule has 0 aliphatic carbocycles. The van der Waals surface area contributed by atoms with Crippen molar-refractivity contribution in [1.29, 1.82) is 0 Å². The molecule has 5 nitrogen and oxygen atoms in total. The molecular weight excluding hydrogens is 440 g/mol. The number of ether oxygens (including phenoxy) is 2. The molecule has 4 rings (SSSR count). The summed E-state index contributed by atoms with van der Waals surface area (Å²) in [4.78, 5) is 11.8. The van der Waals surface area contributed by atoms with Crippen molar-refractivity contribution in [2.75, 3.05) is 13.2 Å². The zero-order chi connectivity index (χ0) is 24.6. The van der Waals surface area contributed by atoms with E-state index in [0.29, 0.717) is 18.8 Å². The summed E-state index contributed by atoms with van der Waals surface area (Å²) in [6.07, 6.45) is 1.34. The highest BCUT2D eigenvalue weighted by Crippen LogP contribution is 2.30. The minimum absolute atomic E-state index is 0.155. The number of phenolic OH excluding ortho intramolecular Hbond substituents is 2. The van der Waals surface area contributed by atoms with Crippen molar-refractivity contribution in [3.05, 3.63) is 113 Å². The third kappa shape index (κ3) is 6.64. The van der Waals surface area contributed by atoms with Crippen LogP contribution >= 0.6 is 0 Å². The Morgan fingerprint density at radius 3 is 2.00 bits per heavy atom. The van der Waals surface area contributed by atoms with Gasteiger partial charge in [-0.15, -0.1) is 0 Å². The topological polar surface area (TPSA) is 76.0 Å². The molecule has 0 saturated carbocycles. The molecule has 0 aromatic heterocycles. The first kappa shape index (κ1) is 23.9. The molecule has 0 amide bonds. The summed E-state index contributed by atoms with van der Waals surface area (Å²) in [5, 5.41) is 19.2. The molecule has 0 aliphatic heterocycles. The van der Waals surface area contributed by atoms with Crippen LogP contribution in [0.25, 0.3) is 11.1 Å². The molecule has 0 spiro atoms. The minimum Gasteiger partial charge on any atom is -0.508 e. The molecule has 2 N–H and O–H groups in total. The van der Waals surface area contributed by atoms with Crippen molar-refractivity contribution >= 4 is 5.97 Å². The van der Waals surface area contributed by atoms with Crippen LogP contribution in [-0.2, 0) is 22.4 Å². The maximum absolute atomic E-state index is 11.8. The fraction of sp³-hybridized carbons (Fsp3) is 0.167. The van der Waals surface area contributed by atoms with Crippen molar-refractivity contribution in [2.24, 2.45) is 0 Å². The number of hydrogen-bond donors (Lipinski definition) is 2. The summed E-state index contributed by atoms with van der Waals surface area (Å²) in [7, 11) is 0. The zero-order valence-electron chi connectivity index (χ0n) is 19.6. The summed E-state index contributed by atoms with van der Waals surface area (Å²) in [6, 6.07) is 28.6. The molecule has 4 aromatic rings. The average molecular weight is 469 g/mol. The van der Waals surface area contributed by atoms with Gasteiger partial charge in [-0.3, -0.25) is 0 Å². The molecule has 0 atom stereocenters. The number of hydrogen-bond acceptors (Lipinski definition) is 5. The Labute approximate surface area is 205 Å². The lowest BCUT2D eigenvalue weighted by Gasteiger charge is -2.14. The van der Waals surface area contributed by atoms with Gasteiger partial charge in [-0.2, -0.15) is 0 Å². The average Bonchev–Trinajstić information content (AvgIpc) is 2.86. The highest BCUT2D eigenvalue weighted by molar-refractivity contribution is 5.71. The molecule has 35 heavy (non-hydrogen) atoms. The second kappa shape index (κ2) is 11.3. The van der Waals surface area contributed by atoms with E-state index in [4.69, 9.17) is 9.47 Å². The third-order valence-corrected chi connectivity index (χ3v) is 5.65. The first-order chi connectivity index (χ1) is 17.0. The van der Waals surface area contributed by atoms with E-state index in [1.807, 2.05) is 42.5 Å². The first-order valence-electron chi connectivity index (χ1n) is 11.6. The van der Waals surface area contributed by atoms with E-state index in [1.54, 1.807) is 31.2 Å². The number of esters is 1. The second-order valence-corrected chi connectivity index (χ2v) is 8.30. The molecule has 4 aromatic carbocycles. The predicted molar refractivity (Wildman–Crippen MR) is 136 cm³/mol. The predicted octanol–water partition coefficient (Wildman–Crippen LogP) is 5.89. The van der Waals surface area contributed by atoms with Gasteiger partial charge in [0.1, 0.15) is 17.2 Å². The molecule has 0 heterocycles. The van der Waals surface area contributed by atoms with Gasteiger partial charge >= 0.3 is 5.97 Å². The zero-order valence-corrected chi connectivity index (χ0v) is 19.6. The Morgan fingerprint density at radius 2 is 1.34 bits per heavy atom. The maximum atomic E-state index is 11.8. The Morgan fingerprint density at radius 1 is 0.714 bits per heavy atom. The van der Waals surface area contributed by atoms with Gasteiger partial charge in [0, 0.05) is 6.42 Å². The van der Waals surface area contributed by atoms with Crippen LogP contribution in [-0.4, -0.2) is 29.4 Å². The molecule has 0 radical (unpaired) electrons. The van der Waals surface area contributed by atoms with Gasteiger partial charge in [-0.1, -0.05) is 54.6 Å². The van der Waals surface area contributed by atoms with Crippen LogP contribution in [0.3, 0.4) is 0 Å². The monoisotopic (exact) mass is 468 g/mol. The highest BCUT2D eigenvalue weighted by Gasteiger charge is 2.11. The Hall–Kier alpha value is -4.25. The van der Waals surface area contributed by atoms with Crippen LogP contribution in [0.2, 0.25) is 0 Å². The van der Waals surface area contributed by atoms with Gasteiger partial charge in [0.2, 0.25) is 0 Å². The van der Waals surface area contributed by atoms with E-state index in [9.17, 15) is 15.0 Å². The molecular formula is C30H28O5. The van der Waals surface area contributed by atoms with Crippen molar-refractivity contribution in [1.82, 2.24) is 0 Å². The highest BCUT2D eigenvalue weighted by atomic mass is 16.6. The molecule has 0 aliphatic rings. The van der Waals surface area contributed by atoms with Crippen LogP contribution in [0.5, 0.6) is 17.2 Å². The Kier molecular flexibility index (Phi) is 7.68. The van der Waals surface area contributed by atoms with E-state index < -0.39 is 5.97 Å². The summed E-state index contributed by atoms with van der Waals surface area (Å²) in [5.41, 5.74) is 6.34. The number of carbonyl (C=O) groups is 1. The Bertz CT molecular complexity index is 1280. The summed E-state index contributed by atoms with van der Waals surface area (Å²) >= 11 is 0. The van der Waals surface area contributed by atoms with Gasteiger partial charge in [-0.25, -0.2) is 4.79 Å². The smallest absolute Gasteiger partial charge is 0.344 e. The van der Waals surface area contributed by atoms with Crippen LogP contribution in [0, 0.1) is 0 Å². The number of aromatic hydroxyl groups is 2. The quantitative estimate of drug-likeness (QED) is 0.300. The molecule has 0 saturated heterocycles. The Balaban J connectivity index is 1.61. The number of rotatable bonds is 9. The summed E-state index contributed by atoms with van der Waals surface area (Å²) < 4.78 is 10.8. The lowest BCUT2D eigenvalue weighted by molar-refractivity contribution is -0.145. The lowest BCUT2D eigenvalue weighted by atomic mass is 9.96. The maximum Gasteiger partial charge on any atom is 0.344 e. The molecule has 0 unspecified atom stereocenters. The molecule has 0 bridgehead atoms. The van der Waals surface area contributed by atoms with E-state index in [1.165, 1.54) is 0 Å². The van der Waals surface area contributed by atoms with Gasteiger partial charge in [-0.05, 0) is 83.1 Å². The standard InChI is InChI=1S/C30H28O5/c1-2-34-30(33)20-35-29-15-10-25(19-26(29)17-22-8-13-28(32)14-9-22)24-5-3-4-23(18-24)16-21-6-11-27(31)12-7-21/h3-15,18-19,31-32H,2,16-17,20H2,1H3. The molecule has 0 fully saturated rings. The number of carbonyl (C=O) groups excluding carboxylic acids is 1. The molecule has 178 valence electrons. The third-order valence-electron chi connectivity index (χ3n) is 5.65. The van der Waals surface area contributed by atoms with Gasteiger partial charge in [0.25, 0.3) is 0 Å². The van der Waals surface area contributed by atoms with Crippen LogP contribution < -0.4 is 4.74 Å². The van der Waals surface area contributed by atoms with Gasteiger partial charge in [0.15, 0.2) is 6.61 Å². The largest absolute Gasteiger partial charge is 0.508 e. The van der Waals surface area contributed by atoms with E-state index in [-0.39, 0.29) is 18.1 Å². The van der Waals surface area contributed by atoms with Crippen molar-refractivity contribution in [3.63, 3.8) is 0 Å². The fourth-order valence-corrected chi connectivity index (χ4v) is 3.92. The second-order valence-electron chi connectivity index (χ2n) is 8.30. The van der Waals surface area contributed by atoms with E-state index in [0.717, 1.165) is 39.8 Å². The van der Waals surface area contributed by atoms with Crippen molar-refractivity contribution in [2.45, 2.75) is 19.8 Å². The van der Waals surface area contributed by atoms with E-state index >= 15 is 0 Å². The fourth-order valence-electron chi connectivity index (χ4n) is 3.92. The number of phenols is 2. The van der Waals surface area contributed by atoms with Crippen molar-refractivity contribution in [3.8, 4) is 28.4 Å². The normalized spacial score (nSPS) is 10.7. The molecule has 5 heteroatoms. The van der Waals surface area contributed by atoms with Gasteiger partial charge in [0.05, 0.1) is 6.61 Å². The van der Waals surface area contributed by atoms with Crippen LogP contribution in [0.1, 0.15) is 29.2 Å².